The Morgan fingerprint density at radius 2 is 1.89 bits per heavy atom. The summed E-state index contributed by atoms with van der Waals surface area (Å²) in [6, 6.07) is 15.8. The molecule has 0 radical (unpaired) electrons. The highest BCUT2D eigenvalue weighted by Crippen LogP contribution is 2.37. The van der Waals surface area contributed by atoms with Crippen LogP contribution < -0.4 is 10.6 Å². The van der Waals surface area contributed by atoms with Crippen LogP contribution in [0.5, 0.6) is 0 Å². The molecule has 0 unspecified atom stereocenters. The Morgan fingerprint density at radius 1 is 1.14 bits per heavy atom. The lowest BCUT2D eigenvalue weighted by atomic mass is 9.96. The van der Waals surface area contributed by atoms with Gasteiger partial charge in [0, 0.05) is 28.8 Å². The lowest BCUT2D eigenvalue weighted by molar-refractivity contribution is 0.443. The smallest absolute Gasteiger partial charge is 0.110 e. The minimum Gasteiger partial charge on any atom is -0.383 e. The Kier molecular flexibility index (Phi) is 6.45. The highest BCUT2D eigenvalue weighted by Gasteiger charge is 2.28. The number of hydrogen-bond acceptors (Lipinski definition) is 7. The minimum absolute atomic E-state index is 0.0151. The Labute approximate surface area is 220 Å². The Morgan fingerprint density at radius 3 is 2.57 bits per heavy atom. The van der Waals surface area contributed by atoms with Crippen molar-refractivity contribution in [2.45, 2.75) is 45.7 Å². The van der Waals surface area contributed by atoms with Crippen LogP contribution in [-0.4, -0.2) is 26.5 Å². The summed E-state index contributed by atoms with van der Waals surface area (Å²) in [5.41, 5.74) is 4.28. The van der Waals surface area contributed by atoms with E-state index in [1.54, 1.807) is 6.07 Å². The van der Waals surface area contributed by atoms with Crippen LogP contribution in [-0.2, 0) is 0 Å². The third-order valence-corrected chi connectivity index (χ3v) is 6.62. The number of hydrogen-bond donors (Lipinski definition) is 2. The van der Waals surface area contributed by atoms with Gasteiger partial charge in [-0.2, -0.15) is 10.5 Å². The highest BCUT2D eigenvalue weighted by atomic mass is 35.5. The molecule has 0 spiro atoms. The molecule has 2 heterocycles. The number of anilines is 2. The summed E-state index contributed by atoms with van der Waals surface area (Å²) in [5.74, 6) is 0. The molecule has 37 heavy (non-hydrogen) atoms. The number of halogens is 1. The van der Waals surface area contributed by atoms with Crippen molar-refractivity contribution in [2.75, 3.05) is 17.2 Å². The number of benzene rings is 2. The van der Waals surface area contributed by atoms with Crippen molar-refractivity contribution in [2.24, 2.45) is 5.41 Å². The molecule has 186 valence electrons. The van der Waals surface area contributed by atoms with Crippen LogP contribution in [0.15, 0.2) is 48.8 Å². The highest BCUT2D eigenvalue weighted by molar-refractivity contribution is 6.31. The molecule has 1 aliphatic rings. The van der Waals surface area contributed by atoms with Crippen molar-refractivity contribution in [1.82, 2.24) is 20.0 Å². The second-order valence-electron chi connectivity index (χ2n) is 10.6. The molecule has 9 heteroatoms. The van der Waals surface area contributed by atoms with Gasteiger partial charge in [0.15, 0.2) is 0 Å². The van der Waals surface area contributed by atoms with Gasteiger partial charge in [-0.05, 0) is 42.0 Å². The lowest BCUT2D eigenvalue weighted by Gasteiger charge is -2.22. The SMILES string of the molecule is CC(C)(C)CNc1c(C#N)cnc2c(C#N)cc(N[C@H](c3cn(C4CC4)nn3)c3ccccc3Cl)cc12. The fraction of sp³-hybridized carbons (Fsp3) is 0.321. The Bertz CT molecular complexity index is 1550. The van der Waals surface area contributed by atoms with Crippen LogP contribution in [0, 0.1) is 28.1 Å². The van der Waals surface area contributed by atoms with Crippen molar-refractivity contribution < 1.29 is 0 Å². The van der Waals surface area contributed by atoms with Crippen molar-refractivity contribution >= 4 is 33.9 Å². The first-order valence-electron chi connectivity index (χ1n) is 12.2. The molecule has 1 aliphatic carbocycles. The van der Waals surface area contributed by atoms with Crippen LogP contribution in [0.3, 0.4) is 0 Å². The van der Waals surface area contributed by atoms with Gasteiger partial charge in [-0.25, -0.2) is 4.68 Å². The predicted octanol–water partition coefficient (Wildman–Crippen LogP) is 6.22. The van der Waals surface area contributed by atoms with E-state index in [2.05, 4.69) is 58.8 Å². The normalized spacial score (nSPS) is 14.1. The van der Waals surface area contributed by atoms with Gasteiger partial charge in [-0.1, -0.05) is 55.8 Å². The fourth-order valence-electron chi connectivity index (χ4n) is 4.23. The number of rotatable bonds is 7. The first kappa shape index (κ1) is 24.5. The van der Waals surface area contributed by atoms with Gasteiger partial charge in [0.2, 0.25) is 0 Å². The van der Waals surface area contributed by atoms with E-state index in [0.717, 1.165) is 24.1 Å². The average molecular weight is 511 g/mol. The van der Waals surface area contributed by atoms with Crippen LogP contribution in [0.25, 0.3) is 10.9 Å². The van der Waals surface area contributed by atoms with Crippen LogP contribution in [0.2, 0.25) is 5.02 Å². The standard InChI is InChI=1S/C28H27ClN8/c1-28(2,3)16-33-26-18(13-31)14-32-25-17(12-30)10-19(11-22(25)26)34-27(21-6-4-5-7-23(21)29)24-15-37(36-35-24)20-8-9-20/h4-7,10-11,14-15,20,27,34H,8-9,16H2,1-3H3,(H,32,33)/t27-/m0/s1. The maximum atomic E-state index is 9.97. The second kappa shape index (κ2) is 9.72. The molecule has 1 fully saturated rings. The first-order valence-corrected chi connectivity index (χ1v) is 12.6. The molecule has 0 amide bonds. The average Bonchev–Trinajstić information content (AvgIpc) is 3.61. The molecular formula is C28H27ClN8. The number of nitriles is 2. The molecule has 2 N–H and O–H groups in total. The quantitative estimate of drug-likeness (QED) is 0.303. The van der Waals surface area contributed by atoms with Gasteiger partial charge in [0.25, 0.3) is 0 Å². The molecule has 0 bridgehead atoms. The van der Waals surface area contributed by atoms with E-state index in [1.807, 2.05) is 41.2 Å². The van der Waals surface area contributed by atoms with E-state index >= 15 is 0 Å². The second-order valence-corrected chi connectivity index (χ2v) is 11.0. The van der Waals surface area contributed by atoms with Gasteiger partial charge in [0.05, 0.1) is 40.6 Å². The van der Waals surface area contributed by atoms with E-state index < -0.39 is 6.04 Å². The van der Waals surface area contributed by atoms with Crippen LogP contribution >= 0.6 is 11.6 Å². The van der Waals surface area contributed by atoms with Crippen molar-refractivity contribution in [3.63, 3.8) is 0 Å². The van der Waals surface area contributed by atoms with E-state index in [0.29, 0.717) is 51.0 Å². The third kappa shape index (κ3) is 5.21. The maximum Gasteiger partial charge on any atom is 0.110 e. The van der Waals surface area contributed by atoms with Crippen molar-refractivity contribution in [3.05, 3.63) is 76.2 Å². The summed E-state index contributed by atoms with van der Waals surface area (Å²) in [6.07, 6.45) is 5.67. The number of nitrogens with one attached hydrogen (secondary N) is 2. The molecule has 4 aromatic rings. The summed E-state index contributed by atoms with van der Waals surface area (Å²) in [4.78, 5) is 4.45. The predicted molar refractivity (Wildman–Crippen MR) is 144 cm³/mol. The summed E-state index contributed by atoms with van der Waals surface area (Å²) in [7, 11) is 0. The van der Waals surface area contributed by atoms with Gasteiger partial charge >= 0.3 is 0 Å². The first-order chi connectivity index (χ1) is 17.8. The molecule has 2 aromatic carbocycles. The number of pyridine rings is 1. The number of fused-ring (bicyclic) bond motifs is 1. The number of nitrogens with zero attached hydrogens (tertiary/aromatic N) is 6. The van der Waals surface area contributed by atoms with Gasteiger partial charge in [-0.3, -0.25) is 4.98 Å². The van der Waals surface area contributed by atoms with E-state index in [9.17, 15) is 10.5 Å². The van der Waals surface area contributed by atoms with E-state index in [4.69, 9.17) is 11.6 Å². The summed E-state index contributed by atoms with van der Waals surface area (Å²) in [5, 5.41) is 36.8. The van der Waals surface area contributed by atoms with Crippen LogP contribution in [0.1, 0.15) is 68.1 Å². The zero-order valence-corrected chi connectivity index (χ0v) is 21.7. The monoisotopic (exact) mass is 510 g/mol. The topological polar surface area (TPSA) is 115 Å². The molecule has 1 atom stereocenters. The zero-order valence-electron chi connectivity index (χ0n) is 21.0. The molecule has 8 nitrogen and oxygen atoms in total. The molecule has 0 saturated heterocycles. The van der Waals surface area contributed by atoms with Crippen molar-refractivity contribution in [1.29, 1.82) is 10.5 Å². The van der Waals surface area contributed by atoms with Gasteiger partial charge < -0.3 is 10.6 Å². The fourth-order valence-corrected chi connectivity index (χ4v) is 4.47. The number of aromatic nitrogens is 4. The molecule has 5 rings (SSSR count). The zero-order chi connectivity index (χ0) is 26.2. The summed E-state index contributed by atoms with van der Waals surface area (Å²) in [6.45, 7) is 7.00. The van der Waals surface area contributed by atoms with E-state index in [1.165, 1.54) is 6.20 Å². The molecular weight excluding hydrogens is 484 g/mol. The lowest BCUT2D eigenvalue weighted by Crippen LogP contribution is -2.20. The van der Waals surface area contributed by atoms with E-state index in [-0.39, 0.29) is 5.41 Å². The maximum absolute atomic E-state index is 9.97. The van der Waals surface area contributed by atoms with Gasteiger partial charge in [0.1, 0.15) is 17.8 Å². The largest absolute Gasteiger partial charge is 0.383 e. The Hall–Kier alpha value is -4.14. The van der Waals surface area contributed by atoms with Crippen molar-refractivity contribution in [3.8, 4) is 12.1 Å². The molecule has 0 aliphatic heterocycles. The molecule has 2 aromatic heterocycles. The molecule has 1 saturated carbocycles. The van der Waals surface area contributed by atoms with Crippen LogP contribution in [0.4, 0.5) is 11.4 Å². The minimum atomic E-state index is -0.400. The summed E-state index contributed by atoms with van der Waals surface area (Å²) < 4.78 is 1.90. The Balaban J connectivity index is 1.62. The summed E-state index contributed by atoms with van der Waals surface area (Å²) >= 11 is 6.62. The third-order valence-electron chi connectivity index (χ3n) is 6.28. The van der Waals surface area contributed by atoms with Gasteiger partial charge in [-0.15, -0.1) is 5.10 Å².